The molecular formula is C24H18FNO4. The van der Waals surface area contributed by atoms with Crippen LogP contribution in [0.3, 0.4) is 0 Å². The summed E-state index contributed by atoms with van der Waals surface area (Å²) in [6.45, 7) is 0. The third-order valence-corrected chi connectivity index (χ3v) is 5.01. The number of hydrogen-bond donors (Lipinski definition) is 1. The molecule has 1 saturated heterocycles. The van der Waals surface area contributed by atoms with Crippen molar-refractivity contribution < 1.29 is 23.8 Å². The Balaban J connectivity index is 1.92. The first-order valence-corrected chi connectivity index (χ1v) is 9.27. The molecule has 4 rings (SSSR count). The molecule has 0 spiro atoms. The van der Waals surface area contributed by atoms with E-state index in [9.17, 15) is 19.1 Å². The summed E-state index contributed by atoms with van der Waals surface area (Å²) >= 11 is 0. The molecular weight excluding hydrogens is 385 g/mol. The first-order valence-electron chi connectivity index (χ1n) is 9.27. The number of halogens is 1. The third kappa shape index (κ3) is 3.33. The van der Waals surface area contributed by atoms with Gasteiger partial charge in [0.15, 0.2) is 0 Å². The zero-order valence-electron chi connectivity index (χ0n) is 16.1. The number of hydrogen-bond acceptors (Lipinski definition) is 4. The Morgan fingerprint density at radius 2 is 1.67 bits per heavy atom. The third-order valence-electron chi connectivity index (χ3n) is 5.01. The van der Waals surface area contributed by atoms with Gasteiger partial charge in [0.2, 0.25) is 0 Å². The molecule has 1 amide bonds. The maximum Gasteiger partial charge on any atom is 0.300 e. The smallest absolute Gasteiger partial charge is 0.300 e. The Kier molecular flexibility index (Phi) is 5.06. The monoisotopic (exact) mass is 403 g/mol. The van der Waals surface area contributed by atoms with Crippen LogP contribution in [-0.2, 0) is 9.59 Å². The van der Waals surface area contributed by atoms with Crippen LogP contribution in [0, 0.1) is 5.82 Å². The topological polar surface area (TPSA) is 66.8 Å². The fourth-order valence-electron chi connectivity index (χ4n) is 3.58. The van der Waals surface area contributed by atoms with Crippen molar-refractivity contribution in [3.05, 3.63) is 101 Å². The van der Waals surface area contributed by atoms with Crippen molar-refractivity contribution in [1.82, 2.24) is 0 Å². The Hall–Kier alpha value is -3.93. The molecule has 6 heteroatoms. The number of carbonyl (C=O) groups is 2. The van der Waals surface area contributed by atoms with Crippen molar-refractivity contribution >= 4 is 23.1 Å². The molecule has 3 aromatic carbocycles. The summed E-state index contributed by atoms with van der Waals surface area (Å²) in [6.07, 6.45) is 0. The van der Waals surface area contributed by atoms with E-state index in [0.29, 0.717) is 16.9 Å². The SMILES string of the molecule is COc1ccc(/C(O)=C2\C(=O)C(=O)N(c3cccc(F)c3)C2c2ccccc2)cc1. The number of carbonyl (C=O) groups excluding carboxylic acids is 2. The molecule has 1 heterocycles. The summed E-state index contributed by atoms with van der Waals surface area (Å²) in [5.74, 6) is -1.91. The normalized spacial score (nSPS) is 17.9. The maximum atomic E-state index is 13.9. The van der Waals surface area contributed by atoms with Gasteiger partial charge in [0, 0.05) is 11.3 Å². The number of Topliss-reactive ketones (excluding diaryl/α,β-unsaturated/α-hetero) is 1. The molecule has 1 N–H and O–H groups in total. The van der Waals surface area contributed by atoms with Crippen LogP contribution in [0.15, 0.2) is 84.4 Å². The van der Waals surface area contributed by atoms with E-state index in [0.717, 1.165) is 0 Å². The molecule has 0 bridgehead atoms. The number of ether oxygens (including phenoxy) is 1. The van der Waals surface area contributed by atoms with Crippen LogP contribution in [0.25, 0.3) is 5.76 Å². The number of aliphatic hydroxyl groups is 1. The van der Waals surface area contributed by atoms with Gasteiger partial charge in [0.1, 0.15) is 17.3 Å². The van der Waals surface area contributed by atoms with Crippen molar-refractivity contribution in [2.24, 2.45) is 0 Å². The van der Waals surface area contributed by atoms with Crippen LogP contribution < -0.4 is 9.64 Å². The highest BCUT2D eigenvalue weighted by atomic mass is 19.1. The number of methoxy groups -OCH3 is 1. The minimum atomic E-state index is -0.893. The fourth-order valence-corrected chi connectivity index (χ4v) is 3.58. The first kappa shape index (κ1) is 19.4. The number of aliphatic hydroxyl groups excluding tert-OH is 1. The molecule has 0 aliphatic carbocycles. The Bertz CT molecular complexity index is 1140. The lowest BCUT2D eigenvalue weighted by molar-refractivity contribution is -0.132. The lowest BCUT2D eigenvalue weighted by atomic mass is 9.95. The summed E-state index contributed by atoms with van der Waals surface area (Å²) < 4.78 is 19.0. The van der Waals surface area contributed by atoms with Gasteiger partial charge < -0.3 is 9.84 Å². The fraction of sp³-hybridized carbons (Fsp3) is 0.0833. The van der Waals surface area contributed by atoms with Gasteiger partial charge in [-0.25, -0.2) is 4.39 Å². The number of nitrogens with zero attached hydrogens (tertiary/aromatic N) is 1. The zero-order chi connectivity index (χ0) is 21.3. The lowest BCUT2D eigenvalue weighted by Crippen LogP contribution is -2.29. The predicted molar refractivity (Wildman–Crippen MR) is 111 cm³/mol. The van der Waals surface area contributed by atoms with E-state index in [-0.39, 0.29) is 17.0 Å². The van der Waals surface area contributed by atoms with Crippen LogP contribution >= 0.6 is 0 Å². The first-order chi connectivity index (χ1) is 14.5. The second-order valence-corrected chi connectivity index (χ2v) is 6.79. The van der Waals surface area contributed by atoms with Gasteiger partial charge in [-0.3, -0.25) is 14.5 Å². The Morgan fingerprint density at radius 3 is 2.30 bits per heavy atom. The van der Waals surface area contributed by atoms with Gasteiger partial charge in [0.25, 0.3) is 11.7 Å². The molecule has 1 aliphatic rings. The predicted octanol–water partition coefficient (Wildman–Crippen LogP) is 4.46. The number of benzene rings is 3. The highest BCUT2D eigenvalue weighted by Crippen LogP contribution is 2.42. The van der Waals surface area contributed by atoms with E-state index in [4.69, 9.17) is 4.74 Å². The van der Waals surface area contributed by atoms with Crippen molar-refractivity contribution in [3.8, 4) is 5.75 Å². The van der Waals surface area contributed by atoms with Gasteiger partial charge in [0.05, 0.1) is 18.7 Å². The zero-order valence-corrected chi connectivity index (χ0v) is 16.1. The molecule has 1 unspecified atom stereocenters. The average molecular weight is 403 g/mol. The van der Waals surface area contributed by atoms with Crippen molar-refractivity contribution in [2.75, 3.05) is 12.0 Å². The van der Waals surface area contributed by atoms with E-state index in [1.807, 2.05) is 0 Å². The molecule has 1 aliphatic heterocycles. The maximum absolute atomic E-state index is 13.9. The summed E-state index contributed by atoms with van der Waals surface area (Å²) in [4.78, 5) is 27.1. The Labute approximate surface area is 172 Å². The van der Waals surface area contributed by atoms with Crippen molar-refractivity contribution in [3.63, 3.8) is 0 Å². The van der Waals surface area contributed by atoms with Crippen LogP contribution in [-0.4, -0.2) is 23.9 Å². The summed E-state index contributed by atoms with van der Waals surface area (Å²) in [5, 5.41) is 11.0. The molecule has 150 valence electrons. The highest BCUT2D eigenvalue weighted by molar-refractivity contribution is 6.51. The van der Waals surface area contributed by atoms with Gasteiger partial charge in [-0.15, -0.1) is 0 Å². The average Bonchev–Trinajstić information content (AvgIpc) is 3.04. The minimum Gasteiger partial charge on any atom is -0.507 e. The minimum absolute atomic E-state index is 0.0550. The van der Waals surface area contributed by atoms with Crippen LogP contribution in [0.5, 0.6) is 5.75 Å². The number of anilines is 1. The Morgan fingerprint density at radius 1 is 0.967 bits per heavy atom. The quantitative estimate of drug-likeness (QED) is 0.397. The summed E-state index contributed by atoms with van der Waals surface area (Å²) in [6, 6.07) is 19.9. The lowest BCUT2D eigenvalue weighted by Gasteiger charge is -2.25. The van der Waals surface area contributed by atoms with Crippen LogP contribution in [0.2, 0.25) is 0 Å². The number of amides is 1. The van der Waals surface area contributed by atoms with E-state index >= 15 is 0 Å². The molecule has 1 atom stereocenters. The van der Waals surface area contributed by atoms with Gasteiger partial charge in [-0.1, -0.05) is 36.4 Å². The largest absolute Gasteiger partial charge is 0.507 e. The molecule has 0 aromatic heterocycles. The van der Waals surface area contributed by atoms with Crippen molar-refractivity contribution in [2.45, 2.75) is 6.04 Å². The molecule has 3 aromatic rings. The molecule has 0 saturated carbocycles. The standard InChI is InChI=1S/C24H18FNO4/c1-30-19-12-10-16(11-13-19)22(27)20-21(15-6-3-2-4-7-15)26(24(29)23(20)28)18-9-5-8-17(25)14-18/h2-14,21,27H,1H3/b22-20+. The molecule has 1 fully saturated rings. The highest BCUT2D eigenvalue weighted by Gasteiger charge is 2.46. The van der Waals surface area contributed by atoms with Gasteiger partial charge in [-0.05, 0) is 48.0 Å². The summed E-state index contributed by atoms with van der Waals surface area (Å²) in [5.41, 5.74) is 1.17. The second kappa shape index (κ2) is 7.83. The molecule has 0 radical (unpaired) electrons. The van der Waals surface area contributed by atoms with E-state index in [1.54, 1.807) is 60.7 Å². The van der Waals surface area contributed by atoms with E-state index in [1.165, 1.54) is 30.2 Å². The van der Waals surface area contributed by atoms with E-state index in [2.05, 4.69) is 0 Å². The number of rotatable bonds is 4. The second-order valence-electron chi connectivity index (χ2n) is 6.79. The molecule has 5 nitrogen and oxygen atoms in total. The van der Waals surface area contributed by atoms with Gasteiger partial charge >= 0.3 is 0 Å². The number of ketones is 1. The van der Waals surface area contributed by atoms with Gasteiger partial charge in [-0.2, -0.15) is 0 Å². The van der Waals surface area contributed by atoms with E-state index < -0.39 is 23.5 Å². The van der Waals surface area contributed by atoms with Crippen LogP contribution in [0.4, 0.5) is 10.1 Å². The van der Waals surface area contributed by atoms with Crippen LogP contribution in [0.1, 0.15) is 17.2 Å². The van der Waals surface area contributed by atoms with Crippen molar-refractivity contribution in [1.29, 1.82) is 0 Å². The summed E-state index contributed by atoms with van der Waals surface area (Å²) in [7, 11) is 1.52. The molecule has 30 heavy (non-hydrogen) atoms.